The first kappa shape index (κ1) is 11.0. The van der Waals surface area contributed by atoms with Gasteiger partial charge in [0.1, 0.15) is 0 Å². The second kappa shape index (κ2) is 4.00. The van der Waals surface area contributed by atoms with Crippen LogP contribution < -0.4 is 0 Å². The van der Waals surface area contributed by atoms with Crippen LogP contribution in [-0.2, 0) is 6.42 Å². The van der Waals surface area contributed by atoms with Crippen LogP contribution in [0.5, 0.6) is 0 Å². The molecule has 0 N–H and O–H groups in total. The van der Waals surface area contributed by atoms with Crippen molar-refractivity contribution in [2.45, 2.75) is 6.42 Å². The fourth-order valence-corrected chi connectivity index (χ4v) is 1.08. The summed E-state index contributed by atoms with van der Waals surface area (Å²) < 4.78 is 63.1. The summed E-state index contributed by atoms with van der Waals surface area (Å²) in [6, 6.07) is 0. The molecule has 0 aliphatic heterocycles. The maximum absolute atomic E-state index is 12.8. The third kappa shape index (κ3) is 1.61. The Labute approximate surface area is 81.3 Å². The Morgan fingerprint density at radius 1 is 0.786 bits per heavy atom. The van der Waals surface area contributed by atoms with Crippen molar-refractivity contribution >= 4 is 17.6 Å². The van der Waals surface area contributed by atoms with Crippen molar-refractivity contribution in [2.75, 3.05) is 0 Å². The molecule has 6 heteroatoms. The molecule has 0 saturated carbocycles. The van der Waals surface area contributed by atoms with Crippen LogP contribution in [0.25, 0.3) is 0 Å². The van der Waals surface area contributed by atoms with E-state index in [1.54, 1.807) is 0 Å². The van der Waals surface area contributed by atoms with Crippen LogP contribution in [0.15, 0.2) is 0 Å². The van der Waals surface area contributed by atoms with Crippen LogP contribution >= 0.6 is 12.2 Å². The Bertz CT molecular complexity index is 359. The molecule has 0 aromatic heterocycles. The Kier molecular flexibility index (Phi) is 3.15. The van der Waals surface area contributed by atoms with E-state index in [2.05, 4.69) is 12.2 Å². The van der Waals surface area contributed by atoms with E-state index in [4.69, 9.17) is 0 Å². The van der Waals surface area contributed by atoms with Crippen molar-refractivity contribution < 1.29 is 22.0 Å². The lowest BCUT2D eigenvalue weighted by Gasteiger charge is -2.04. The highest BCUT2D eigenvalue weighted by molar-refractivity contribution is 7.78. The van der Waals surface area contributed by atoms with E-state index >= 15 is 0 Å². The van der Waals surface area contributed by atoms with Crippen LogP contribution in [0.1, 0.15) is 5.56 Å². The molecule has 0 radical (unpaired) electrons. The largest absolute Gasteiger partial charge is 0.203 e. The molecule has 14 heavy (non-hydrogen) atoms. The lowest BCUT2D eigenvalue weighted by Crippen LogP contribution is -2.07. The van der Waals surface area contributed by atoms with Gasteiger partial charge in [0.25, 0.3) is 0 Å². The highest BCUT2D eigenvalue weighted by atomic mass is 32.1. The molecule has 0 aliphatic rings. The average molecular weight is 226 g/mol. The van der Waals surface area contributed by atoms with E-state index < -0.39 is 41.1 Å². The predicted octanol–water partition coefficient (Wildman–Crippen LogP) is 2.92. The minimum absolute atomic E-state index is 0.485. The Balaban J connectivity index is 3.50. The second-order valence-electron chi connectivity index (χ2n) is 2.42. The standard InChI is InChI=1S/C8H3F5S/c9-4-3(1-2-14)5(10)7(12)8(13)6(4)11/h2H,1H2. The SMILES string of the molecule is Fc1c(F)c(F)c(CC=S)c(F)c1F. The predicted molar refractivity (Wildman–Crippen MR) is 43.6 cm³/mol. The van der Waals surface area contributed by atoms with Crippen LogP contribution in [0, 0.1) is 29.1 Å². The summed E-state index contributed by atoms with van der Waals surface area (Å²) in [7, 11) is 0. The topological polar surface area (TPSA) is 0 Å². The first-order valence-electron chi connectivity index (χ1n) is 3.44. The molecule has 0 saturated heterocycles. The second-order valence-corrected chi connectivity index (χ2v) is 2.75. The molecule has 0 unspecified atom stereocenters. The summed E-state index contributed by atoms with van der Waals surface area (Å²) in [5, 5.41) is 0.887. The molecule has 0 bridgehead atoms. The first-order valence-corrected chi connectivity index (χ1v) is 3.91. The summed E-state index contributed by atoms with van der Waals surface area (Å²) in [5.74, 6) is -9.72. The third-order valence-electron chi connectivity index (χ3n) is 1.59. The van der Waals surface area contributed by atoms with Crippen LogP contribution in [0.2, 0.25) is 0 Å². The molecule has 0 amide bonds. The van der Waals surface area contributed by atoms with E-state index in [-0.39, 0.29) is 0 Å². The molecular weight excluding hydrogens is 223 g/mol. The normalized spacial score (nSPS) is 10.4. The molecular formula is C8H3F5S. The van der Waals surface area contributed by atoms with Gasteiger partial charge in [0.05, 0.1) is 0 Å². The van der Waals surface area contributed by atoms with Gasteiger partial charge in [0.15, 0.2) is 23.3 Å². The fraction of sp³-hybridized carbons (Fsp3) is 0.125. The molecule has 0 fully saturated rings. The summed E-state index contributed by atoms with van der Waals surface area (Å²) in [4.78, 5) is 0. The van der Waals surface area contributed by atoms with Gasteiger partial charge in [-0.25, -0.2) is 22.0 Å². The van der Waals surface area contributed by atoms with Gasteiger partial charge in [-0.3, -0.25) is 0 Å². The molecule has 0 aliphatic carbocycles. The number of hydrogen-bond donors (Lipinski definition) is 0. The van der Waals surface area contributed by atoms with Crippen molar-refractivity contribution in [3.63, 3.8) is 0 Å². The van der Waals surface area contributed by atoms with Gasteiger partial charge in [-0.1, -0.05) is 12.2 Å². The van der Waals surface area contributed by atoms with E-state index in [0.717, 1.165) is 5.37 Å². The van der Waals surface area contributed by atoms with E-state index in [0.29, 0.717) is 0 Å². The van der Waals surface area contributed by atoms with Crippen LogP contribution in [-0.4, -0.2) is 5.37 Å². The number of hydrogen-bond acceptors (Lipinski definition) is 1. The molecule has 0 spiro atoms. The smallest absolute Gasteiger partial charge is 0.200 e. The Morgan fingerprint density at radius 3 is 1.50 bits per heavy atom. The summed E-state index contributed by atoms with van der Waals surface area (Å²) >= 11 is 4.28. The molecule has 1 aromatic carbocycles. The zero-order valence-corrected chi connectivity index (χ0v) is 7.40. The minimum Gasteiger partial charge on any atom is -0.203 e. The van der Waals surface area contributed by atoms with Crippen molar-refractivity contribution in [1.82, 2.24) is 0 Å². The van der Waals surface area contributed by atoms with Gasteiger partial charge in [-0.05, 0) is 5.37 Å². The summed E-state index contributed by atoms with van der Waals surface area (Å²) in [5.41, 5.74) is -0.906. The maximum Gasteiger partial charge on any atom is 0.200 e. The maximum atomic E-state index is 12.8. The van der Waals surface area contributed by atoms with Gasteiger partial charge in [-0.2, -0.15) is 0 Å². The van der Waals surface area contributed by atoms with E-state index in [1.165, 1.54) is 0 Å². The summed E-state index contributed by atoms with van der Waals surface area (Å²) in [6.07, 6.45) is -0.485. The molecule has 0 nitrogen and oxygen atoms in total. The average Bonchev–Trinajstić information content (AvgIpc) is 2.19. The first-order chi connectivity index (χ1) is 6.50. The van der Waals surface area contributed by atoms with E-state index in [9.17, 15) is 22.0 Å². The van der Waals surface area contributed by atoms with Gasteiger partial charge in [0.2, 0.25) is 5.82 Å². The molecule has 1 aromatic rings. The number of halogens is 5. The Morgan fingerprint density at radius 2 is 1.14 bits per heavy atom. The molecule has 76 valence electrons. The van der Waals surface area contributed by atoms with Crippen molar-refractivity contribution in [3.05, 3.63) is 34.6 Å². The Hall–Kier alpha value is -1.04. The lowest BCUT2D eigenvalue weighted by molar-refractivity contribution is 0.372. The zero-order chi connectivity index (χ0) is 10.9. The zero-order valence-electron chi connectivity index (χ0n) is 6.58. The molecule has 0 heterocycles. The van der Waals surface area contributed by atoms with Gasteiger partial charge in [-0.15, -0.1) is 0 Å². The van der Waals surface area contributed by atoms with Gasteiger partial charge >= 0.3 is 0 Å². The minimum atomic E-state index is -2.16. The van der Waals surface area contributed by atoms with Crippen molar-refractivity contribution in [1.29, 1.82) is 0 Å². The van der Waals surface area contributed by atoms with E-state index in [1.807, 2.05) is 0 Å². The van der Waals surface area contributed by atoms with Crippen LogP contribution in [0.3, 0.4) is 0 Å². The van der Waals surface area contributed by atoms with Crippen molar-refractivity contribution in [2.24, 2.45) is 0 Å². The number of benzene rings is 1. The highest BCUT2D eigenvalue weighted by Gasteiger charge is 2.24. The lowest BCUT2D eigenvalue weighted by atomic mass is 10.1. The molecule has 1 rings (SSSR count). The summed E-state index contributed by atoms with van der Waals surface area (Å²) in [6.45, 7) is 0. The monoisotopic (exact) mass is 226 g/mol. The molecule has 0 atom stereocenters. The van der Waals surface area contributed by atoms with Crippen molar-refractivity contribution in [3.8, 4) is 0 Å². The third-order valence-corrected chi connectivity index (χ3v) is 1.75. The number of rotatable bonds is 2. The van der Waals surface area contributed by atoms with Gasteiger partial charge < -0.3 is 0 Å². The van der Waals surface area contributed by atoms with Crippen LogP contribution in [0.4, 0.5) is 22.0 Å². The number of thiocarbonyl (C=S) groups is 1. The highest BCUT2D eigenvalue weighted by Crippen LogP contribution is 2.22. The fourth-order valence-electron chi connectivity index (χ4n) is 0.913. The van der Waals surface area contributed by atoms with Gasteiger partial charge in [0, 0.05) is 12.0 Å². The quantitative estimate of drug-likeness (QED) is 0.323.